The number of benzene rings is 4. The fourth-order valence-corrected chi connectivity index (χ4v) is 4.49. The summed E-state index contributed by atoms with van der Waals surface area (Å²) in [5.41, 5.74) is 11.1. The highest BCUT2D eigenvalue weighted by Crippen LogP contribution is 2.49. The Labute approximate surface area is 181 Å². The summed E-state index contributed by atoms with van der Waals surface area (Å²) in [4.78, 5) is 0. The Morgan fingerprint density at radius 3 is 2.03 bits per heavy atom. The third kappa shape index (κ3) is 3.21. The Morgan fingerprint density at radius 2 is 1.31 bits per heavy atom. The zero-order valence-corrected chi connectivity index (χ0v) is 17.5. The second kappa shape index (κ2) is 7.26. The molecule has 0 fully saturated rings. The summed E-state index contributed by atoms with van der Waals surface area (Å²) in [6.07, 6.45) is 0. The minimum absolute atomic E-state index is 0.277. The molecular formula is C26H19Cl2N. The van der Waals surface area contributed by atoms with E-state index in [1.165, 1.54) is 38.9 Å². The van der Waals surface area contributed by atoms with Crippen LogP contribution >= 0.6 is 23.6 Å². The van der Waals surface area contributed by atoms with Gasteiger partial charge in [0.2, 0.25) is 0 Å². The Hall–Kier alpha value is -2.74. The van der Waals surface area contributed by atoms with Gasteiger partial charge < -0.3 is 0 Å². The maximum Gasteiger partial charge on any atom is 0.0710 e. The first kappa shape index (κ1) is 18.3. The van der Waals surface area contributed by atoms with Crippen molar-refractivity contribution in [2.45, 2.75) is 12.8 Å². The molecule has 3 heteroatoms. The van der Waals surface area contributed by atoms with Gasteiger partial charge in [-0.25, -0.2) is 0 Å². The number of hydrogen-bond acceptors (Lipinski definition) is 1. The molecule has 0 aromatic heterocycles. The van der Waals surface area contributed by atoms with Gasteiger partial charge in [0, 0.05) is 29.5 Å². The molecule has 29 heavy (non-hydrogen) atoms. The number of halogens is 2. The molecule has 4 aromatic rings. The smallest absolute Gasteiger partial charge is 0.0710 e. The second-order valence-electron chi connectivity index (χ2n) is 7.51. The van der Waals surface area contributed by atoms with Crippen LogP contribution in [0.2, 0.25) is 0 Å². The third-order valence-electron chi connectivity index (χ3n) is 5.73. The molecule has 0 heterocycles. The Balaban J connectivity index is 1.62. The molecule has 1 atom stereocenters. The molecule has 4 aromatic carbocycles. The first-order chi connectivity index (χ1) is 14.1. The highest BCUT2D eigenvalue weighted by molar-refractivity contribution is 6.49. The first-order valence-electron chi connectivity index (χ1n) is 9.64. The van der Waals surface area contributed by atoms with E-state index in [9.17, 15) is 0 Å². The molecule has 0 spiro atoms. The number of fused-ring (bicyclic) bond motifs is 3. The molecule has 1 unspecified atom stereocenters. The normalized spacial score (nSPS) is 14.4. The zero-order chi connectivity index (χ0) is 20.0. The van der Waals surface area contributed by atoms with Gasteiger partial charge in [-0.15, -0.1) is 0 Å². The zero-order valence-electron chi connectivity index (χ0n) is 15.9. The van der Waals surface area contributed by atoms with Crippen LogP contribution in [-0.2, 0) is 0 Å². The van der Waals surface area contributed by atoms with Gasteiger partial charge >= 0.3 is 0 Å². The minimum Gasteiger partial charge on any atom is -0.194 e. The average Bonchev–Trinajstić information content (AvgIpc) is 3.08. The van der Waals surface area contributed by atoms with E-state index in [2.05, 4.69) is 73.7 Å². The lowest BCUT2D eigenvalue weighted by atomic mass is 9.88. The number of rotatable bonds is 3. The van der Waals surface area contributed by atoms with Crippen molar-refractivity contribution in [1.82, 2.24) is 0 Å². The van der Waals surface area contributed by atoms with Crippen LogP contribution in [0.5, 0.6) is 0 Å². The molecule has 0 saturated heterocycles. The molecule has 0 radical (unpaired) electrons. The highest BCUT2D eigenvalue weighted by Gasteiger charge is 2.29. The van der Waals surface area contributed by atoms with E-state index in [-0.39, 0.29) is 5.92 Å². The van der Waals surface area contributed by atoms with Crippen molar-refractivity contribution in [2.75, 3.05) is 3.94 Å². The fourth-order valence-electron chi connectivity index (χ4n) is 4.27. The fraction of sp³-hybridized carbons (Fsp3) is 0.0769. The van der Waals surface area contributed by atoms with Crippen LogP contribution in [0.1, 0.15) is 28.2 Å². The van der Waals surface area contributed by atoms with Gasteiger partial charge in [0.1, 0.15) is 0 Å². The molecule has 0 saturated carbocycles. The topological polar surface area (TPSA) is 3.24 Å². The van der Waals surface area contributed by atoms with E-state index in [1.54, 1.807) is 0 Å². The predicted molar refractivity (Wildman–Crippen MR) is 124 cm³/mol. The summed E-state index contributed by atoms with van der Waals surface area (Å²) < 4.78 is 1.08. The van der Waals surface area contributed by atoms with Crippen molar-refractivity contribution < 1.29 is 0 Å². The summed E-state index contributed by atoms with van der Waals surface area (Å²) in [7, 11) is 0. The van der Waals surface area contributed by atoms with Gasteiger partial charge in [-0.05, 0) is 64.1 Å². The van der Waals surface area contributed by atoms with Crippen LogP contribution < -0.4 is 3.94 Å². The molecule has 0 aliphatic heterocycles. The van der Waals surface area contributed by atoms with Crippen molar-refractivity contribution in [1.29, 1.82) is 0 Å². The van der Waals surface area contributed by atoms with E-state index < -0.39 is 0 Å². The van der Waals surface area contributed by atoms with Crippen molar-refractivity contribution in [3.05, 3.63) is 113 Å². The van der Waals surface area contributed by atoms with Gasteiger partial charge in [-0.3, -0.25) is 0 Å². The van der Waals surface area contributed by atoms with Crippen LogP contribution in [0, 0.1) is 6.92 Å². The number of aryl methyl sites for hydroxylation is 1. The Kier molecular flexibility index (Phi) is 4.58. The van der Waals surface area contributed by atoms with E-state index in [1.807, 2.05) is 24.3 Å². The van der Waals surface area contributed by atoms with Crippen molar-refractivity contribution in [2.24, 2.45) is 0 Å². The summed E-state index contributed by atoms with van der Waals surface area (Å²) in [6.45, 7) is 2.13. The van der Waals surface area contributed by atoms with Crippen molar-refractivity contribution in [3.63, 3.8) is 0 Å². The summed E-state index contributed by atoms with van der Waals surface area (Å²) >= 11 is 11.6. The molecule has 0 bridgehead atoms. The monoisotopic (exact) mass is 415 g/mol. The van der Waals surface area contributed by atoms with Crippen LogP contribution in [0.4, 0.5) is 5.69 Å². The lowest BCUT2D eigenvalue weighted by molar-refractivity contribution is 1.01. The third-order valence-corrected chi connectivity index (χ3v) is 6.12. The SMILES string of the molecule is Cc1ccc(C2c3ccccc3-c3cc(-c4ccc(N(Cl)Cl)cc4)ccc32)cc1. The van der Waals surface area contributed by atoms with E-state index in [0.29, 0.717) is 0 Å². The standard InChI is InChI=1S/C26H19Cl2N/c1-17-6-8-19(9-7-17)26-23-5-3-2-4-22(23)25-16-20(12-15-24(25)26)18-10-13-21(14-11-18)29(27)28/h2-16,26H,1H3. The Morgan fingerprint density at radius 1 is 0.655 bits per heavy atom. The van der Waals surface area contributed by atoms with Gasteiger partial charge in [-0.2, -0.15) is 3.94 Å². The van der Waals surface area contributed by atoms with Gasteiger partial charge in [-0.1, -0.05) is 78.4 Å². The van der Waals surface area contributed by atoms with E-state index in [4.69, 9.17) is 23.6 Å². The quantitative estimate of drug-likeness (QED) is 0.270. The van der Waals surface area contributed by atoms with Crippen LogP contribution in [-0.4, -0.2) is 0 Å². The van der Waals surface area contributed by atoms with E-state index in [0.717, 1.165) is 15.2 Å². The lowest BCUT2D eigenvalue weighted by Crippen LogP contribution is -1.99. The largest absolute Gasteiger partial charge is 0.194 e. The molecule has 142 valence electrons. The van der Waals surface area contributed by atoms with Gasteiger partial charge in [0.15, 0.2) is 0 Å². The predicted octanol–water partition coefficient (Wildman–Crippen LogP) is 7.94. The molecule has 1 aliphatic carbocycles. The van der Waals surface area contributed by atoms with Gasteiger partial charge in [0.05, 0.1) is 5.69 Å². The lowest BCUT2D eigenvalue weighted by Gasteiger charge is -2.15. The molecule has 0 amide bonds. The van der Waals surface area contributed by atoms with Gasteiger partial charge in [0.25, 0.3) is 0 Å². The second-order valence-corrected chi connectivity index (χ2v) is 8.36. The molecule has 1 aliphatic rings. The van der Waals surface area contributed by atoms with Crippen LogP contribution in [0.3, 0.4) is 0 Å². The minimum atomic E-state index is 0.277. The summed E-state index contributed by atoms with van der Waals surface area (Å²) in [6, 6.07) is 32.4. The highest BCUT2D eigenvalue weighted by atomic mass is 35.5. The molecular weight excluding hydrogens is 397 g/mol. The molecule has 1 nitrogen and oxygen atoms in total. The van der Waals surface area contributed by atoms with Crippen LogP contribution in [0.15, 0.2) is 91.0 Å². The van der Waals surface area contributed by atoms with E-state index >= 15 is 0 Å². The molecule has 0 N–H and O–H groups in total. The summed E-state index contributed by atoms with van der Waals surface area (Å²) in [5, 5.41) is 0. The first-order valence-corrected chi connectivity index (χ1v) is 10.3. The number of hydrogen-bond donors (Lipinski definition) is 0. The summed E-state index contributed by atoms with van der Waals surface area (Å²) in [5.74, 6) is 0.277. The molecule has 5 rings (SSSR count). The average molecular weight is 416 g/mol. The maximum absolute atomic E-state index is 5.82. The maximum atomic E-state index is 5.82. The van der Waals surface area contributed by atoms with Crippen LogP contribution in [0.25, 0.3) is 22.3 Å². The number of anilines is 1. The van der Waals surface area contributed by atoms with Crippen molar-refractivity contribution in [3.8, 4) is 22.3 Å². The van der Waals surface area contributed by atoms with Crippen molar-refractivity contribution >= 4 is 29.2 Å². The number of nitrogens with zero attached hydrogens (tertiary/aromatic N) is 1. The Bertz CT molecular complexity index is 1180.